The minimum atomic E-state index is -0.322. The maximum Gasteiger partial charge on any atom is 0.223 e. The van der Waals surface area contributed by atoms with Gasteiger partial charge in [0.05, 0.1) is 17.6 Å². The van der Waals surface area contributed by atoms with Gasteiger partial charge >= 0.3 is 0 Å². The molecule has 1 saturated heterocycles. The third-order valence-electron chi connectivity index (χ3n) is 5.17. The van der Waals surface area contributed by atoms with Crippen LogP contribution >= 0.6 is 0 Å². The van der Waals surface area contributed by atoms with E-state index >= 15 is 0 Å². The van der Waals surface area contributed by atoms with E-state index in [4.69, 9.17) is 0 Å². The zero-order valence-electron chi connectivity index (χ0n) is 15.4. The van der Waals surface area contributed by atoms with Gasteiger partial charge in [0.15, 0.2) is 11.5 Å². The minimum absolute atomic E-state index is 0.000161. The van der Waals surface area contributed by atoms with Crippen LogP contribution in [0.3, 0.4) is 0 Å². The SMILES string of the molecule is O=C(NCc1nc2ccc(F)cc2[nH]1)C1CCN(c2ccc3nnnn3n2)CC1. The molecule has 3 aromatic heterocycles. The number of hydrogen-bond acceptors (Lipinski definition) is 7. The number of rotatable bonds is 4. The van der Waals surface area contributed by atoms with Crippen molar-refractivity contribution < 1.29 is 9.18 Å². The van der Waals surface area contributed by atoms with Crippen molar-refractivity contribution in [1.82, 2.24) is 40.5 Å². The van der Waals surface area contributed by atoms with Gasteiger partial charge in [0.2, 0.25) is 5.91 Å². The summed E-state index contributed by atoms with van der Waals surface area (Å²) >= 11 is 0. The van der Waals surface area contributed by atoms with Crippen molar-refractivity contribution in [3.63, 3.8) is 0 Å². The van der Waals surface area contributed by atoms with E-state index in [2.05, 4.69) is 40.8 Å². The molecule has 4 aromatic rings. The van der Waals surface area contributed by atoms with E-state index in [-0.39, 0.29) is 24.2 Å². The summed E-state index contributed by atoms with van der Waals surface area (Å²) in [6, 6.07) is 8.08. The zero-order valence-corrected chi connectivity index (χ0v) is 15.4. The fourth-order valence-electron chi connectivity index (χ4n) is 3.61. The number of amides is 1. The van der Waals surface area contributed by atoms with Crippen molar-refractivity contribution in [1.29, 1.82) is 0 Å². The van der Waals surface area contributed by atoms with Gasteiger partial charge in [-0.3, -0.25) is 4.79 Å². The average molecular weight is 395 g/mol. The molecule has 4 heterocycles. The molecule has 1 amide bonds. The largest absolute Gasteiger partial charge is 0.355 e. The maximum absolute atomic E-state index is 13.3. The van der Waals surface area contributed by atoms with Crippen LogP contribution in [0.1, 0.15) is 18.7 Å². The highest BCUT2D eigenvalue weighted by Crippen LogP contribution is 2.22. The number of halogens is 1. The van der Waals surface area contributed by atoms with Crippen LogP contribution in [0.25, 0.3) is 16.7 Å². The van der Waals surface area contributed by atoms with E-state index in [0.29, 0.717) is 22.5 Å². The Hall–Kier alpha value is -3.63. The average Bonchev–Trinajstić information content (AvgIpc) is 3.37. The van der Waals surface area contributed by atoms with Crippen LogP contribution in [0, 0.1) is 11.7 Å². The molecule has 1 aromatic carbocycles. The van der Waals surface area contributed by atoms with Crippen molar-refractivity contribution in [3.05, 3.63) is 42.0 Å². The van der Waals surface area contributed by atoms with Crippen LogP contribution in [-0.2, 0) is 11.3 Å². The molecule has 2 N–H and O–H groups in total. The lowest BCUT2D eigenvalue weighted by Crippen LogP contribution is -2.40. The molecule has 1 aliphatic heterocycles. The number of aromatic nitrogens is 7. The van der Waals surface area contributed by atoms with Gasteiger partial charge in [-0.15, -0.1) is 14.8 Å². The third-order valence-corrected chi connectivity index (χ3v) is 5.17. The van der Waals surface area contributed by atoms with Gasteiger partial charge in [0.1, 0.15) is 11.6 Å². The molecule has 0 atom stereocenters. The van der Waals surface area contributed by atoms with E-state index in [1.54, 1.807) is 6.07 Å². The molecule has 5 rings (SSSR count). The molecule has 11 heteroatoms. The summed E-state index contributed by atoms with van der Waals surface area (Å²) in [5.41, 5.74) is 1.89. The Morgan fingerprint density at radius 2 is 2.10 bits per heavy atom. The molecule has 0 saturated carbocycles. The van der Waals surface area contributed by atoms with Crippen LogP contribution in [0.2, 0.25) is 0 Å². The lowest BCUT2D eigenvalue weighted by molar-refractivity contribution is -0.125. The number of carbonyl (C=O) groups excluding carboxylic acids is 1. The molecule has 148 valence electrons. The highest BCUT2D eigenvalue weighted by molar-refractivity contribution is 5.79. The van der Waals surface area contributed by atoms with Gasteiger partial charge in [-0.25, -0.2) is 9.37 Å². The number of benzene rings is 1. The van der Waals surface area contributed by atoms with Crippen molar-refractivity contribution in [3.8, 4) is 0 Å². The number of hydrogen-bond donors (Lipinski definition) is 2. The molecule has 0 unspecified atom stereocenters. The molecule has 0 bridgehead atoms. The number of H-pyrrole nitrogens is 1. The quantitative estimate of drug-likeness (QED) is 0.531. The summed E-state index contributed by atoms with van der Waals surface area (Å²) < 4.78 is 14.7. The summed E-state index contributed by atoms with van der Waals surface area (Å²) in [6.45, 7) is 1.73. The van der Waals surface area contributed by atoms with E-state index < -0.39 is 0 Å². The molecule has 0 aliphatic carbocycles. The summed E-state index contributed by atoms with van der Waals surface area (Å²) in [4.78, 5) is 22.1. The molecular weight excluding hydrogens is 377 g/mol. The summed E-state index contributed by atoms with van der Waals surface area (Å²) in [5, 5.41) is 18.6. The fourth-order valence-corrected chi connectivity index (χ4v) is 3.61. The van der Waals surface area contributed by atoms with Crippen LogP contribution in [0.4, 0.5) is 10.2 Å². The Kier molecular flexibility index (Phi) is 4.26. The monoisotopic (exact) mass is 395 g/mol. The second kappa shape index (κ2) is 7.08. The summed E-state index contributed by atoms with van der Waals surface area (Å²) in [6.07, 6.45) is 1.46. The smallest absolute Gasteiger partial charge is 0.223 e. The molecule has 10 nitrogen and oxygen atoms in total. The van der Waals surface area contributed by atoms with E-state index in [1.165, 1.54) is 16.8 Å². The number of imidazole rings is 1. The summed E-state index contributed by atoms with van der Waals surface area (Å²) in [5.74, 6) is 1.01. The number of nitrogens with zero attached hydrogens (tertiary/aromatic N) is 7. The van der Waals surface area contributed by atoms with E-state index in [9.17, 15) is 9.18 Å². The number of fused-ring (bicyclic) bond motifs is 2. The lowest BCUT2D eigenvalue weighted by atomic mass is 9.96. The number of tetrazole rings is 1. The minimum Gasteiger partial charge on any atom is -0.355 e. The summed E-state index contributed by atoms with van der Waals surface area (Å²) in [7, 11) is 0. The number of nitrogens with one attached hydrogen (secondary N) is 2. The first-order valence-corrected chi connectivity index (χ1v) is 9.38. The molecule has 0 spiro atoms. The Labute approximate surface area is 164 Å². The highest BCUT2D eigenvalue weighted by atomic mass is 19.1. The van der Waals surface area contributed by atoms with E-state index in [0.717, 1.165) is 31.7 Å². The number of anilines is 1. The topological polar surface area (TPSA) is 117 Å². The van der Waals surface area contributed by atoms with Gasteiger partial charge in [-0.1, -0.05) is 0 Å². The predicted molar refractivity (Wildman–Crippen MR) is 101 cm³/mol. The van der Waals surface area contributed by atoms with Gasteiger partial charge in [0, 0.05) is 19.0 Å². The zero-order chi connectivity index (χ0) is 19.8. The fraction of sp³-hybridized carbons (Fsp3) is 0.333. The first-order valence-electron chi connectivity index (χ1n) is 9.38. The lowest BCUT2D eigenvalue weighted by Gasteiger charge is -2.31. The molecule has 1 fully saturated rings. The van der Waals surface area contributed by atoms with Crippen molar-refractivity contribution in [2.24, 2.45) is 5.92 Å². The first kappa shape index (κ1) is 17.5. The van der Waals surface area contributed by atoms with Gasteiger partial charge in [-0.05, 0) is 53.6 Å². The Bertz CT molecular complexity index is 1180. The number of piperidine rings is 1. The van der Waals surface area contributed by atoms with Gasteiger partial charge in [-0.2, -0.15) is 0 Å². The Balaban J connectivity index is 1.17. The second-order valence-electron chi connectivity index (χ2n) is 7.04. The van der Waals surface area contributed by atoms with Crippen molar-refractivity contribution >= 4 is 28.4 Å². The Morgan fingerprint density at radius 1 is 1.24 bits per heavy atom. The van der Waals surface area contributed by atoms with Crippen LogP contribution in [0.15, 0.2) is 30.3 Å². The number of carbonyl (C=O) groups is 1. The van der Waals surface area contributed by atoms with Crippen molar-refractivity contribution in [2.45, 2.75) is 19.4 Å². The standard InChI is InChI=1S/C18H18FN9O/c19-12-1-2-13-14(9-12)22-15(21-13)10-20-18(29)11-5-7-27(8-6-11)17-4-3-16-23-25-26-28(16)24-17/h1-4,9,11H,5-8,10H2,(H,20,29)(H,21,22). The van der Waals surface area contributed by atoms with Gasteiger partial charge < -0.3 is 15.2 Å². The van der Waals surface area contributed by atoms with Crippen LogP contribution < -0.4 is 10.2 Å². The molecular formula is C18H18FN9O. The highest BCUT2D eigenvalue weighted by Gasteiger charge is 2.26. The second-order valence-corrected chi connectivity index (χ2v) is 7.04. The van der Waals surface area contributed by atoms with Gasteiger partial charge in [0.25, 0.3) is 0 Å². The Morgan fingerprint density at radius 3 is 2.97 bits per heavy atom. The number of aromatic amines is 1. The molecule has 29 heavy (non-hydrogen) atoms. The van der Waals surface area contributed by atoms with E-state index in [1.807, 2.05) is 12.1 Å². The molecule has 0 radical (unpaired) electrons. The predicted octanol–water partition coefficient (Wildman–Crippen LogP) is 1.07. The maximum atomic E-state index is 13.3. The van der Waals surface area contributed by atoms with Crippen LogP contribution in [0.5, 0.6) is 0 Å². The normalized spacial score (nSPS) is 15.3. The molecule has 1 aliphatic rings. The van der Waals surface area contributed by atoms with Crippen LogP contribution in [-0.4, -0.2) is 54.2 Å². The third kappa shape index (κ3) is 3.46. The van der Waals surface area contributed by atoms with Crippen molar-refractivity contribution in [2.75, 3.05) is 18.0 Å². The first-order chi connectivity index (χ1) is 14.2.